The van der Waals surface area contributed by atoms with Crippen LogP contribution in [0.15, 0.2) is 22.6 Å². The van der Waals surface area contributed by atoms with Crippen molar-refractivity contribution in [1.82, 2.24) is 0 Å². The molecule has 19 heavy (non-hydrogen) atoms. The number of halogens is 3. The SMILES string of the molecule is Cc1cc(C(C)Nc2c(F)cc(F)cc2F)c(C)o1. The zero-order valence-corrected chi connectivity index (χ0v) is 10.9. The largest absolute Gasteiger partial charge is 0.466 e. The molecule has 0 saturated heterocycles. The van der Waals surface area contributed by atoms with Crippen LogP contribution in [0.4, 0.5) is 18.9 Å². The molecule has 1 unspecified atom stereocenters. The van der Waals surface area contributed by atoms with E-state index in [4.69, 9.17) is 4.42 Å². The summed E-state index contributed by atoms with van der Waals surface area (Å²) in [6.07, 6.45) is 0. The molecule has 2 rings (SSSR count). The standard InChI is InChI=1S/C14H14F3NO/c1-7-4-11(9(3)19-7)8(2)18-14-12(16)5-10(15)6-13(14)17/h4-6,8,18H,1-3H3. The third-order valence-electron chi connectivity index (χ3n) is 2.91. The fraction of sp³-hybridized carbons (Fsp3) is 0.286. The summed E-state index contributed by atoms with van der Waals surface area (Å²) in [6, 6.07) is 2.73. The highest BCUT2D eigenvalue weighted by Crippen LogP contribution is 2.28. The molecular formula is C14H14F3NO. The Morgan fingerprint density at radius 3 is 2.11 bits per heavy atom. The lowest BCUT2D eigenvalue weighted by molar-refractivity contribution is 0.499. The highest BCUT2D eigenvalue weighted by atomic mass is 19.1. The van der Waals surface area contributed by atoms with Gasteiger partial charge in [-0.3, -0.25) is 0 Å². The van der Waals surface area contributed by atoms with Gasteiger partial charge in [-0.25, -0.2) is 13.2 Å². The first kappa shape index (κ1) is 13.5. The second-order valence-electron chi connectivity index (χ2n) is 4.48. The summed E-state index contributed by atoms with van der Waals surface area (Å²) in [7, 11) is 0. The van der Waals surface area contributed by atoms with E-state index in [1.54, 1.807) is 26.8 Å². The summed E-state index contributed by atoms with van der Waals surface area (Å²) >= 11 is 0. The third kappa shape index (κ3) is 2.75. The summed E-state index contributed by atoms with van der Waals surface area (Å²) in [5.41, 5.74) is 0.466. The number of rotatable bonds is 3. The van der Waals surface area contributed by atoms with Gasteiger partial charge in [-0.2, -0.15) is 0 Å². The average Bonchev–Trinajstić information content (AvgIpc) is 2.62. The van der Waals surface area contributed by atoms with Crippen molar-refractivity contribution in [2.75, 3.05) is 5.32 Å². The monoisotopic (exact) mass is 269 g/mol. The van der Waals surface area contributed by atoms with Crippen LogP contribution >= 0.6 is 0 Å². The normalized spacial score (nSPS) is 12.5. The highest BCUT2D eigenvalue weighted by molar-refractivity contribution is 5.48. The molecular weight excluding hydrogens is 255 g/mol. The lowest BCUT2D eigenvalue weighted by atomic mass is 10.1. The van der Waals surface area contributed by atoms with Gasteiger partial charge in [0.15, 0.2) is 11.6 Å². The minimum atomic E-state index is -0.956. The second-order valence-corrected chi connectivity index (χ2v) is 4.48. The molecule has 1 aromatic carbocycles. The van der Waals surface area contributed by atoms with Crippen LogP contribution < -0.4 is 5.32 Å². The van der Waals surface area contributed by atoms with Crippen molar-refractivity contribution in [2.24, 2.45) is 0 Å². The van der Waals surface area contributed by atoms with Crippen LogP contribution in [0.2, 0.25) is 0 Å². The van der Waals surface area contributed by atoms with Crippen molar-refractivity contribution < 1.29 is 17.6 Å². The molecule has 0 amide bonds. The van der Waals surface area contributed by atoms with Crippen LogP contribution in [-0.4, -0.2) is 0 Å². The molecule has 102 valence electrons. The van der Waals surface area contributed by atoms with Gasteiger partial charge in [0.05, 0.1) is 6.04 Å². The van der Waals surface area contributed by atoms with E-state index < -0.39 is 17.5 Å². The number of hydrogen-bond donors (Lipinski definition) is 1. The second kappa shape index (κ2) is 4.99. The zero-order valence-electron chi connectivity index (χ0n) is 10.9. The number of hydrogen-bond acceptors (Lipinski definition) is 2. The van der Waals surface area contributed by atoms with Gasteiger partial charge in [0.2, 0.25) is 0 Å². The molecule has 2 aromatic rings. The molecule has 0 bridgehead atoms. The Hall–Kier alpha value is -1.91. The van der Waals surface area contributed by atoms with E-state index in [0.29, 0.717) is 17.9 Å². The smallest absolute Gasteiger partial charge is 0.152 e. The predicted octanol–water partition coefficient (Wildman–Crippen LogP) is 4.49. The fourth-order valence-corrected chi connectivity index (χ4v) is 2.05. The third-order valence-corrected chi connectivity index (χ3v) is 2.91. The van der Waals surface area contributed by atoms with E-state index in [1.807, 2.05) is 0 Å². The van der Waals surface area contributed by atoms with Crippen LogP contribution in [0.3, 0.4) is 0 Å². The fourth-order valence-electron chi connectivity index (χ4n) is 2.05. The summed E-state index contributed by atoms with van der Waals surface area (Å²) in [5.74, 6) is -1.45. The molecule has 1 N–H and O–H groups in total. The molecule has 1 atom stereocenters. The van der Waals surface area contributed by atoms with Gasteiger partial charge in [-0.15, -0.1) is 0 Å². The molecule has 0 aliphatic heterocycles. The number of benzene rings is 1. The first-order chi connectivity index (χ1) is 8.88. The summed E-state index contributed by atoms with van der Waals surface area (Å²) in [5, 5.41) is 2.70. The van der Waals surface area contributed by atoms with Crippen LogP contribution in [0.25, 0.3) is 0 Å². The maximum Gasteiger partial charge on any atom is 0.152 e. The van der Waals surface area contributed by atoms with Gasteiger partial charge in [0.1, 0.15) is 23.0 Å². The maximum atomic E-state index is 13.5. The topological polar surface area (TPSA) is 25.2 Å². The Bertz CT molecular complexity index is 584. The van der Waals surface area contributed by atoms with E-state index in [2.05, 4.69) is 5.32 Å². The molecule has 2 nitrogen and oxygen atoms in total. The summed E-state index contributed by atoms with van der Waals surface area (Å²) in [4.78, 5) is 0. The quantitative estimate of drug-likeness (QED) is 0.888. The first-order valence-electron chi connectivity index (χ1n) is 5.86. The average molecular weight is 269 g/mol. The number of anilines is 1. The van der Waals surface area contributed by atoms with Crippen molar-refractivity contribution in [2.45, 2.75) is 26.8 Å². The molecule has 0 saturated carbocycles. The molecule has 1 heterocycles. The lowest BCUT2D eigenvalue weighted by Gasteiger charge is -2.16. The Balaban J connectivity index is 2.29. The first-order valence-corrected chi connectivity index (χ1v) is 5.86. The van der Waals surface area contributed by atoms with Crippen LogP contribution in [0.5, 0.6) is 0 Å². The van der Waals surface area contributed by atoms with E-state index in [1.165, 1.54) is 0 Å². The van der Waals surface area contributed by atoms with Crippen LogP contribution in [0, 0.1) is 31.3 Å². The Morgan fingerprint density at radius 2 is 1.63 bits per heavy atom. The number of furan rings is 1. The number of aryl methyl sites for hydroxylation is 2. The zero-order chi connectivity index (χ0) is 14.2. The van der Waals surface area contributed by atoms with Crippen molar-refractivity contribution in [3.63, 3.8) is 0 Å². The van der Waals surface area contributed by atoms with Crippen molar-refractivity contribution >= 4 is 5.69 Å². The summed E-state index contributed by atoms with van der Waals surface area (Å²) < 4.78 is 45.2. The molecule has 0 radical (unpaired) electrons. The van der Waals surface area contributed by atoms with Gasteiger partial charge in [-0.05, 0) is 26.8 Å². The Kier molecular flexibility index (Phi) is 3.55. The molecule has 0 aliphatic rings. The summed E-state index contributed by atoms with van der Waals surface area (Å²) in [6.45, 7) is 5.32. The minimum Gasteiger partial charge on any atom is -0.466 e. The minimum absolute atomic E-state index is 0.341. The Labute approximate surface area is 109 Å². The van der Waals surface area contributed by atoms with Crippen molar-refractivity contribution in [3.8, 4) is 0 Å². The maximum absolute atomic E-state index is 13.5. The van der Waals surface area contributed by atoms with E-state index >= 15 is 0 Å². The molecule has 0 spiro atoms. The predicted molar refractivity (Wildman–Crippen MR) is 66.5 cm³/mol. The molecule has 1 aromatic heterocycles. The van der Waals surface area contributed by atoms with Crippen molar-refractivity contribution in [3.05, 3.63) is 52.7 Å². The van der Waals surface area contributed by atoms with Crippen molar-refractivity contribution in [1.29, 1.82) is 0 Å². The number of nitrogens with one attached hydrogen (secondary N) is 1. The van der Waals surface area contributed by atoms with Crippen LogP contribution in [-0.2, 0) is 0 Å². The lowest BCUT2D eigenvalue weighted by Crippen LogP contribution is -2.10. The molecule has 0 fully saturated rings. The van der Waals surface area contributed by atoms with Gasteiger partial charge in [0.25, 0.3) is 0 Å². The van der Waals surface area contributed by atoms with E-state index in [0.717, 1.165) is 11.3 Å². The Morgan fingerprint density at radius 1 is 1.05 bits per heavy atom. The molecule has 5 heteroatoms. The highest BCUT2D eigenvalue weighted by Gasteiger charge is 2.17. The van der Waals surface area contributed by atoms with Gasteiger partial charge in [-0.1, -0.05) is 0 Å². The van der Waals surface area contributed by atoms with E-state index in [-0.39, 0.29) is 11.7 Å². The van der Waals surface area contributed by atoms with Gasteiger partial charge < -0.3 is 9.73 Å². The molecule has 0 aliphatic carbocycles. The van der Waals surface area contributed by atoms with Gasteiger partial charge in [0, 0.05) is 17.7 Å². The van der Waals surface area contributed by atoms with Gasteiger partial charge >= 0.3 is 0 Å². The van der Waals surface area contributed by atoms with Crippen LogP contribution in [0.1, 0.15) is 30.0 Å². The van der Waals surface area contributed by atoms with E-state index in [9.17, 15) is 13.2 Å².